The van der Waals surface area contributed by atoms with Crippen molar-refractivity contribution in [2.24, 2.45) is 0 Å². The summed E-state index contributed by atoms with van der Waals surface area (Å²) in [5.74, 6) is -0.409. The van der Waals surface area contributed by atoms with Gasteiger partial charge in [-0.05, 0) is 40.8 Å². The fourth-order valence-corrected chi connectivity index (χ4v) is 2.96. The van der Waals surface area contributed by atoms with Crippen LogP contribution >= 0.6 is 15.9 Å². The Morgan fingerprint density at radius 3 is 2.69 bits per heavy atom. The number of carbonyl (C=O) groups is 1. The fourth-order valence-electron chi connectivity index (χ4n) is 2.62. The first kappa shape index (κ1) is 18.8. The van der Waals surface area contributed by atoms with Gasteiger partial charge in [-0.15, -0.1) is 5.10 Å². The Kier molecular flexibility index (Phi) is 5.30. The molecule has 9 heteroatoms. The molecule has 0 fully saturated rings. The van der Waals surface area contributed by atoms with Crippen LogP contribution in [-0.2, 0) is 4.79 Å². The Bertz CT molecular complexity index is 1170. The Hall–Kier alpha value is -3.59. The SMILES string of the molecule is O=C(Nc1ccc(Br)cc1F)/C(=C/c1ccco1)n1nnnc1-c1ccccc1. The molecule has 2 aromatic carbocycles. The smallest absolute Gasteiger partial charge is 0.274 e. The lowest BCUT2D eigenvalue weighted by molar-refractivity contribution is -0.111. The second kappa shape index (κ2) is 8.19. The molecule has 0 aliphatic heterocycles. The van der Waals surface area contributed by atoms with Crippen LogP contribution in [0.25, 0.3) is 23.2 Å². The average Bonchev–Trinajstić information content (AvgIpc) is 3.40. The third-order valence-corrected chi connectivity index (χ3v) is 4.46. The number of benzene rings is 2. The van der Waals surface area contributed by atoms with Crippen molar-refractivity contribution in [1.82, 2.24) is 20.2 Å². The predicted molar refractivity (Wildman–Crippen MR) is 109 cm³/mol. The minimum atomic E-state index is -0.605. The number of hydrogen-bond donors (Lipinski definition) is 1. The van der Waals surface area contributed by atoms with E-state index in [-0.39, 0.29) is 11.4 Å². The molecule has 7 nitrogen and oxygen atoms in total. The highest BCUT2D eigenvalue weighted by Gasteiger charge is 2.21. The highest BCUT2D eigenvalue weighted by Crippen LogP contribution is 2.24. The molecule has 1 amide bonds. The van der Waals surface area contributed by atoms with E-state index in [9.17, 15) is 9.18 Å². The molecule has 4 rings (SSSR count). The zero-order valence-electron chi connectivity index (χ0n) is 14.8. The van der Waals surface area contributed by atoms with Gasteiger partial charge in [0.05, 0.1) is 12.0 Å². The predicted octanol–water partition coefficient (Wildman–Crippen LogP) is 4.47. The number of furan rings is 1. The number of carbonyl (C=O) groups excluding carboxylic acids is 1. The molecule has 2 aromatic heterocycles. The molecule has 29 heavy (non-hydrogen) atoms. The van der Waals surface area contributed by atoms with Crippen molar-refractivity contribution in [3.05, 3.63) is 83.0 Å². The van der Waals surface area contributed by atoms with Gasteiger partial charge < -0.3 is 9.73 Å². The first-order chi connectivity index (χ1) is 14.1. The molecule has 4 aromatic rings. The zero-order valence-corrected chi connectivity index (χ0v) is 16.4. The van der Waals surface area contributed by atoms with E-state index >= 15 is 0 Å². The monoisotopic (exact) mass is 453 g/mol. The van der Waals surface area contributed by atoms with Gasteiger partial charge in [-0.2, -0.15) is 4.68 Å². The number of amides is 1. The van der Waals surface area contributed by atoms with E-state index in [4.69, 9.17) is 4.42 Å². The number of tetrazole rings is 1. The number of rotatable bonds is 5. The van der Waals surface area contributed by atoms with Crippen LogP contribution in [0.3, 0.4) is 0 Å². The van der Waals surface area contributed by atoms with Crippen molar-refractivity contribution in [2.75, 3.05) is 5.32 Å². The lowest BCUT2D eigenvalue weighted by Crippen LogP contribution is -2.20. The fraction of sp³-hybridized carbons (Fsp3) is 0. The molecule has 0 saturated heterocycles. The second-order valence-corrected chi connectivity index (χ2v) is 6.82. The normalized spacial score (nSPS) is 11.4. The lowest BCUT2D eigenvalue weighted by atomic mass is 10.2. The third-order valence-electron chi connectivity index (χ3n) is 3.96. The molecule has 0 saturated carbocycles. The average molecular weight is 454 g/mol. The van der Waals surface area contributed by atoms with Crippen LogP contribution in [0.1, 0.15) is 5.76 Å². The largest absolute Gasteiger partial charge is 0.465 e. The summed E-state index contributed by atoms with van der Waals surface area (Å²) in [5.41, 5.74) is 0.800. The van der Waals surface area contributed by atoms with E-state index in [0.29, 0.717) is 21.6 Å². The summed E-state index contributed by atoms with van der Waals surface area (Å²) < 4.78 is 21.4. The molecule has 0 aliphatic carbocycles. The molecule has 0 bridgehead atoms. The van der Waals surface area contributed by atoms with Crippen LogP contribution in [0.15, 0.2) is 75.8 Å². The van der Waals surface area contributed by atoms with Crippen molar-refractivity contribution in [3.63, 3.8) is 0 Å². The summed E-state index contributed by atoms with van der Waals surface area (Å²) in [6, 6.07) is 16.9. The van der Waals surface area contributed by atoms with Gasteiger partial charge in [0, 0.05) is 16.1 Å². The van der Waals surface area contributed by atoms with E-state index in [1.165, 1.54) is 29.2 Å². The van der Waals surface area contributed by atoms with Gasteiger partial charge >= 0.3 is 0 Å². The molecule has 0 atom stereocenters. The van der Waals surface area contributed by atoms with Gasteiger partial charge in [-0.3, -0.25) is 4.79 Å². The summed E-state index contributed by atoms with van der Waals surface area (Å²) >= 11 is 3.19. The molecule has 0 aliphatic rings. The molecule has 2 heterocycles. The minimum Gasteiger partial charge on any atom is -0.465 e. The summed E-state index contributed by atoms with van der Waals surface area (Å²) in [6.07, 6.45) is 2.96. The highest BCUT2D eigenvalue weighted by atomic mass is 79.9. The van der Waals surface area contributed by atoms with Crippen LogP contribution in [0.5, 0.6) is 0 Å². The topological polar surface area (TPSA) is 85.8 Å². The van der Waals surface area contributed by atoms with Crippen molar-refractivity contribution >= 4 is 39.3 Å². The lowest BCUT2D eigenvalue weighted by Gasteiger charge is -2.11. The van der Waals surface area contributed by atoms with E-state index in [2.05, 4.69) is 36.8 Å². The Morgan fingerprint density at radius 1 is 1.14 bits per heavy atom. The minimum absolute atomic E-state index is 0.0258. The molecular weight excluding hydrogens is 441 g/mol. The van der Waals surface area contributed by atoms with Gasteiger partial charge in [0.15, 0.2) is 5.82 Å². The van der Waals surface area contributed by atoms with Crippen LogP contribution in [-0.4, -0.2) is 26.1 Å². The Labute approximate surface area is 173 Å². The van der Waals surface area contributed by atoms with Gasteiger partial charge in [-0.25, -0.2) is 4.39 Å². The van der Waals surface area contributed by atoms with Crippen LogP contribution < -0.4 is 5.32 Å². The third kappa shape index (κ3) is 4.14. The summed E-state index contributed by atoms with van der Waals surface area (Å²) in [7, 11) is 0. The maximum Gasteiger partial charge on any atom is 0.274 e. The van der Waals surface area contributed by atoms with E-state index < -0.39 is 11.7 Å². The van der Waals surface area contributed by atoms with Crippen LogP contribution in [0, 0.1) is 5.82 Å². The van der Waals surface area contributed by atoms with E-state index in [0.717, 1.165) is 0 Å². The van der Waals surface area contributed by atoms with Crippen molar-refractivity contribution in [3.8, 4) is 11.4 Å². The van der Waals surface area contributed by atoms with Gasteiger partial charge in [-0.1, -0.05) is 46.3 Å². The van der Waals surface area contributed by atoms with Crippen molar-refractivity contribution in [2.45, 2.75) is 0 Å². The van der Waals surface area contributed by atoms with Gasteiger partial charge in [0.1, 0.15) is 17.3 Å². The Morgan fingerprint density at radius 2 is 1.97 bits per heavy atom. The maximum absolute atomic E-state index is 14.2. The second-order valence-electron chi connectivity index (χ2n) is 5.90. The zero-order chi connectivity index (χ0) is 20.2. The number of halogens is 2. The molecule has 1 N–H and O–H groups in total. The summed E-state index contributed by atoms with van der Waals surface area (Å²) in [6.45, 7) is 0. The maximum atomic E-state index is 14.2. The number of nitrogens with one attached hydrogen (secondary N) is 1. The van der Waals surface area contributed by atoms with Gasteiger partial charge in [0.25, 0.3) is 5.91 Å². The van der Waals surface area contributed by atoms with Gasteiger partial charge in [0.2, 0.25) is 0 Å². The number of hydrogen-bond acceptors (Lipinski definition) is 5. The first-order valence-corrected chi connectivity index (χ1v) is 9.27. The molecule has 0 radical (unpaired) electrons. The standard InChI is InChI=1S/C20H13BrFN5O2/c21-14-8-9-17(16(22)11-14)23-20(28)18(12-15-7-4-10-29-15)27-19(24-25-26-27)13-5-2-1-3-6-13/h1-12H,(H,23,28)/b18-12-. The summed E-state index contributed by atoms with van der Waals surface area (Å²) in [4.78, 5) is 13.0. The van der Waals surface area contributed by atoms with Crippen molar-refractivity contribution < 1.29 is 13.6 Å². The van der Waals surface area contributed by atoms with Crippen molar-refractivity contribution in [1.29, 1.82) is 0 Å². The number of aromatic nitrogens is 4. The van der Waals surface area contributed by atoms with E-state index in [1.54, 1.807) is 18.2 Å². The van der Waals surface area contributed by atoms with E-state index in [1.807, 2.05) is 30.3 Å². The summed E-state index contributed by atoms with van der Waals surface area (Å²) in [5, 5.41) is 14.2. The highest BCUT2D eigenvalue weighted by molar-refractivity contribution is 9.10. The molecular formula is C20H13BrFN5O2. The molecule has 0 spiro atoms. The molecule has 0 unspecified atom stereocenters. The quantitative estimate of drug-likeness (QED) is 0.450. The van der Waals surface area contributed by atoms with Crippen LogP contribution in [0.4, 0.5) is 10.1 Å². The van der Waals surface area contributed by atoms with Crippen LogP contribution in [0.2, 0.25) is 0 Å². The number of anilines is 1. The molecule has 144 valence electrons. The first-order valence-electron chi connectivity index (χ1n) is 8.47. The number of nitrogens with zero attached hydrogens (tertiary/aromatic N) is 4. The Balaban J connectivity index is 1.76.